The molecule has 0 saturated heterocycles. The van der Waals surface area contributed by atoms with Gasteiger partial charge in [-0.2, -0.15) is 0 Å². The topological polar surface area (TPSA) is 89.7 Å². The molecule has 0 aliphatic rings. The number of non-ortho nitro benzene ring substituents is 1. The van der Waals surface area contributed by atoms with Gasteiger partial charge in [-0.15, -0.1) is 0 Å². The number of nitro benzene ring substituents is 1. The van der Waals surface area contributed by atoms with Crippen molar-refractivity contribution in [3.05, 3.63) is 33.9 Å². The molecule has 1 rings (SSSR count). The van der Waals surface area contributed by atoms with Crippen molar-refractivity contribution in [3.8, 4) is 5.75 Å². The van der Waals surface area contributed by atoms with E-state index in [2.05, 4.69) is 0 Å². The van der Waals surface area contributed by atoms with E-state index in [1.54, 1.807) is 0 Å². The number of nitro groups is 1. The second kappa shape index (κ2) is 4.52. The van der Waals surface area contributed by atoms with Gasteiger partial charge in [0.15, 0.2) is 5.78 Å². The smallest absolute Gasteiger partial charge is 0.273 e. The van der Waals surface area contributed by atoms with E-state index in [0.29, 0.717) is 0 Å². The molecule has 0 aromatic heterocycles. The molecule has 1 aromatic carbocycles. The second-order valence-corrected chi connectivity index (χ2v) is 2.76. The number of benzene rings is 1. The van der Waals surface area contributed by atoms with E-state index >= 15 is 0 Å². The van der Waals surface area contributed by atoms with Crippen LogP contribution in [-0.2, 0) is 0 Å². The molecule has 0 aliphatic carbocycles. The number of carbonyl (C=O) groups excluding carboxylic acids is 1. The molecule has 1 aromatic rings. The van der Waals surface area contributed by atoms with Gasteiger partial charge in [0.05, 0.1) is 18.1 Å². The van der Waals surface area contributed by atoms with Gasteiger partial charge in [0.2, 0.25) is 0 Å². The average molecular weight is 211 g/mol. The van der Waals surface area contributed by atoms with Gasteiger partial charge in [0, 0.05) is 11.6 Å². The zero-order chi connectivity index (χ0) is 11.4. The summed E-state index contributed by atoms with van der Waals surface area (Å²) in [5, 5.41) is 19.1. The third-order valence-corrected chi connectivity index (χ3v) is 1.80. The van der Waals surface area contributed by atoms with E-state index in [1.807, 2.05) is 0 Å². The first-order chi connectivity index (χ1) is 7.08. The maximum absolute atomic E-state index is 11.1. The molecule has 0 unspecified atom stereocenters. The molecular weight excluding hydrogens is 202 g/mol. The Morgan fingerprint density at radius 3 is 2.67 bits per heavy atom. The number of methoxy groups -OCH3 is 1. The summed E-state index contributed by atoms with van der Waals surface area (Å²) >= 11 is 0. The van der Waals surface area contributed by atoms with E-state index in [1.165, 1.54) is 19.2 Å². The Bertz CT molecular complexity index is 401. The number of hydrogen-bond donors (Lipinski definition) is 1. The lowest BCUT2D eigenvalue weighted by molar-refractivity contribution is -0.384. The van der Waals surface area contributed by atoms with Crippen LogP contribution < -0.4 is 4.74 Å². The maximum Gasteiger partial charge on any atom is 0.273 e. The average Bonchev–Trinajstić information content (AvgIpc) is 2.27. The van der Waals surface area contributed by atoms with Crippen LogP contribution >= 0.6 is 0 Å². The summed E-state index contributed by atoms with van der Waals surface area (Å²) in [5.74, 6) is -0.377. The predicted molar refractivity (Wildman–Crippen MR) is 51.1 cm³/mol. The summed E-state index contributed by atoms with van der Waals surface area (Å²) in [6, 6.07) is 3.64. The van der Waals surface area contributed by atoms with Crippen molar-refractivity contribution in [1.82, 2.24) is 0 Å². The molecule has 15 heavy (non-hydrogen) atoms. The summed E-state index contributed by atoms with van der Waals surface area (Å²) < 4.78 is 4.80. The number of aliphatic hydroxyl groups excluding tert-OH is 1. The van der Waals surface area contributed by atoms with Crippen LogP contribution in [0.25, 0.3) is 0 Å². The number of aliphatic hydroxyl groups is 1. The van der Waals surface area contributed by atoms with Crippen molar-refractivity contribution in [1.29, 1.82) is 0 Å². The number of hydrogen-bond acceptors (Lipinski definition) is 5. The van der Waals surface area contributed by atoms with Crippen molar-refractivity contribution in [2.24, 2.45) is 0 Å². The first-order valence-electron chi connectivity index (χ1n) is 4.06. The molecule has 0 spiro atoms. The molecule has 1 N–H and O–H groups in total. The van der Waals surface area contributed by atoms with E-state index in [4.69, 9.17) is 9.84 Å². The highest BCUT2D eigenvalue weighted by atomic mass is 16.6. The molecule has 0 heterocycles. The van der Waals surface area contributed by atoms with Crippen LogP contribution in [-0.4, -0.2) is 29.5 Å². The van der Waals surface area contributed by atoms with E-state index in [9.17, 15) is 14.9 Å². The molecule has 0 saturated carbocycles. The molecule has 0 radical (unpaired) electrons. The van der Waals surface area contributed by atoms with Crippen LogP contribution in [0, 0.1) is 10.1 Å². The highest BCUT2D eigenvalue weighted by molar-refractivity contribution is 5.97. The molecule has 0 atom stereocenters. The SMILES string of the molecule is COc1cc(C(=O)CO)cc([N+](=O)[O-])c1. The Morgan fingerprint density at radius 1 is 1.53 bits per heavy atom. The molecule has 80 valence electrons. The number of ether oxygens (including phenoxy) is 1. The molecule has 0 aliphatic heterocycles. The standard InChI is InChI=1S/C9H9NO5/c1-15-8-3-6(9(12)5-11)2-7(4-8)10(13)14/h2-4,11H,5H2,1H3. The van der Waals surface area contributed by atoms with Crippen LogP contribution in [0.1, 0.15) is 10.4 Å². The van der Waals surface area contributed by atoms with Crippen molar-refractivity contribution in [3.63, 3.8) is 0 Å². The van der Waals surface area contributed by atoms with Gasteiger partial charge >= 0.3 is 0 Å². The largest absolute Gasteiger partial charge is 0.496 e. The summed E-state index contributed by atoms with van der Waals surface area (Å²) in [4.78, 5) is 21.0. The van der Waals surface area contributed by atoms with E-state index in [-0.39, 0.29) is 17.0 Å². The van der Waals surface area contributed by atoms with Crippen molar-refractivity contribution in [2.75, 3.05) is 13.7 Å². The minimum absolute atomic E-state index is 0.0588. The lowest BCUT2D eigenvalue weighted by Gasteiger charge is -2.02. The minimum atomic E-state index is -0.690. The Kier molecular flexibility index (Phi) is 3.35. The zero-order valence-corrected chi connectivity index (χ0v) is 7.97. The summed E-state index contributed by atoms with van der Waals surface area (Å²) in [7, 11) is 1.34. The molecule has 6 heteroatoms. The Balaban J connectivity index is 3.23. The van der Waals surface area contributed by atoms with Gasteiger partial charge in [-0.3, -0.25) is 14.9 Å². The van der Waals surface area contributed by atoms with Gasteiger partial charge in [-0.05, 0) is 6.07 Å². The van der Waals surface area contributed by atoms with Gasteiger partial charge < -0.3 is 9.84 Å². The van der Waals surface area contributed by atoms with Gasteiger partial charge in [-0.1, -0.05) is 0 Å². The Morgan fingerprint density at radius 2 is 2.20 bits per heavy atom. The summed E-state index contributed by atoms with van der Waals surface area (Å²) in [5.41, 5.74) is -0.185. The normalized spacial score (nSPS) is 9.73. The number of nitrogens with zero attached hydrogens (tertiary/aromatic N) is 1. The lowest BCUT2D eigenvalue weighted by Crippen LogP contribution is -2.05. The summed E-state index contributed by atoms with van der Waals surface area (Å²) in [6.45, 7) is -0.690. The first kappa shape index (κ1) is 11.1. The van der Waals surface area contributed by atoms with Gasteiger partial charge in [-0.25, -0.2) is 0 Å². The van der Waals surface area contributed by atoms with Gasteiger partial charge in [0.25, 0.3) is 5.69 Å². The molecule has 0 amide bonds. The minimum Gasteiger partial charge on any atom is -0.496 e. The monoisotopic (exact) mass is 211 g/mol. The highest BCUT2D eigenvalue weighted by Crippen LogP contribution is 2.22. The Hall–Kier alpha value is -1.95. The maximum atomic E-state index is 11.1. The van der Waals surface area contributed by atoms with Crippen LogP contribution in [0.4, 0.5) is 5.69 Å². The lowest BCUT2D eigenvalue weighted by atomic mass is 10.1. The number of rotatable bonds is 4. The number of Topliss-reactive ketones (excluding diaryl/α,β-unsaturated/α-hetero) is 1. The fraction of sp³-hybridized carbons (Fsp3) is 0.222. The zero-order valence-electron chi connectivity index (χ0n) is 7.97. The highest BCUT2D eigenvalue weighted by Gasteiger charge is 2.14. The fourth-order valence-corrected chi connectivity index (χ4v) is 1.06. The predicted octanol–water partition coefficient (Wildman–Crippen LogP) is 0.778. The van der Waals surface area contributed by atoms with Crippen LogP contribution in [0.15, 0.2) is 18.2 Å². The number of ketones is 1. The number of carbonyl (C=O) groups is 1. The second-order valence-electron chi connectivity index (χ2n) is 2.76. The fourth-order valence-electron chi connectivity index (χ4n) is 1.06. The first-order valence-corrected chi connectivity index (χ1v) is 4.06. The third kappa shape index (κ3) is 2.50. The summed E-state index contributed by atoms with van der Waals surface area (Å²) in [6.07, 6.45) is 0. The Labute approximate surface area is 85.2 Å². The third-order valence-electron chi connectivity index (χ3n) is 1.80. The molecule has 6 nitrogen and oxygen atoms in total. The van der Waals surface area contributed by atoms with Crippen molar-refractivity contribution >= 4 is 11.5 Å². The van der Waals surface area contributed by atoms with Crippen molar-refractivity contribution < 1.29 is 19.6 Å². The van der Waals surface area contributed by atoms with Crippen LogP contribution in [0.5, 0.6) is 5.75 Å². The van der Waals surface area contributed by atoms with E-state index < -0.39 is 17.3 Å². The van der Waals surface area contributed by atoms with E-state index in [0.717, 1.165) is 6.07 Å². The van der Waals surface area contributed by atoms with Gasteiger partial charge in [0.1, 0.15) is 12.4 Å². The molecular formula is C9H9NO5. The molecule has 0 fully saturated rings. The molecule has 0 bridgehead atoms. The quantitative estimate of drug-likeness (QED) is 0.451. The van der Waals surface area contributed by atoms with Crippen molar-refractivity contribution in [2.45, 2.75) is 0 Å². The van der Waals surface area contributed by atoms with Crippen LogP contribution in [0.3, 0.4) is 0 Å². The van der Waals surface area contributed by atoms with Crippen LogP contribution in [0.2, 0.25) is 0 Å².